The molecule has 174 valence electrons. The highest BCUT2D eigenvalue weighted by Crippen LogP contribution is 2.29. The summed E-state index contributed by atoms with van der Waals surface area (Å²) in [6.45, 7) is 2.28. The van der Waals surface area contributed by atoms with E-state index in [0.717, 1.165) is 22.4 Å². The number of hydrogen-bond donors (Lipinski definition) is 1. The predicted molar refractivity (Wildman–Crippen MR) is 134 cm³/mol. The van der Waals surface area contributed by atoms with E-state index in [-0.39, 0.29) is 18.5 Å². The molecule has 0 aliphatic rings. The number of ether oxygens (including phenoxy) is 1. The third kappa shape index (κ3) is 5.28. The minimum Gasteiger partial charge on any atom is -0.497 e. The number of aliphatic carboxylic acids is 1. The fourth-order valence-corrected chi connectivity index (χ4v) is 4.57. The van der Waals surface area contributed by atoms with E-state index in [9.17, 15) is 14.7 Å². The largest absolute Gasteiger partial charge is 0.497 e. The number of aromatic nitrogens is 3. The summed E-state index contributed by atoms with van der Waals surface area (Å²) in [5, 5.41) is 17.5. The first-order valence-electron chi connectivity index (χ1n) is 11.0. The van der Waals surface area contributed by atoms with Crippen LogP contribution in [0.15, 0.2) is 76.4 Å². The summed E-state index contributed by atoms with van der Waals surface area (Å²) < 4.78 is 6.37. The van der Waals surface area contributed by atoms with Gasteiger partial charge in [0.1, 0.15) is 16.5 Å². The van der Waals surface area contributed by atoms with Gasteiger partial charge in [0, 0.05) is 17.5 Å². The number of methoxy groups -OCH3 is 1. The van der Waals surface area contributed by atoms with Gasteiger partial charge in [-0.25, -0.2) is 4.68 Å². The van der Waals surface area contributed by atoms with Crippen LogP contribution in [0.25, 0.3) is 22.0 Å². The van der Waals surface area contributed by atoms with Gasteiger partial charge in [0.05, 0.1) is 12.5 Å². The Hall–Kier alpha value is -3.65. The highest BCUT2D eigenvalue weighted by molar-refractivity contribution is 8.00. The molecule has 1 atom stereocenters. The molecule has 1 N–H and O–H groups in total. The van der Waals surface area contributed by atoms with Crippen LogP contribution in [-0.2, 0) is 17.8 Å². The highest BCUT2D eigenvalue weighted by atomic mass is 32.2. The van der Waals surface area contributed by atoms with E-state index >= 15 is 0 Å². The van der Waals surface area contributed by atoms with Crippen molar-refractivity contribution in [2.75, 3.05) is 7.11 Å². The van der Waals surface area contributed by atoms with Gasteiger partial charge in [0.15, 0.2) is 0 Å². The SMILES string of the molecule is CCc1ccc(-c2ccc(SC(CCn3nnc4cc(OC)ccc4c3=O)C(=O)O)cc2)cc1. The number of benzene rings is 3. The zero-order valence-corrected chi connectivity index (χ0v) is 19.8. The van der Waals surface area contributed by atoms with Crippen LogP contribution >= 0.6 is 11.8 Å². The summed E-state index contributed by atoms with van der Waals surface area (Å²) in [5.74, 6) is -0.346. The van der Waals surface area contributed by atoms with Crippen LogP contribution in [0.2, 0.25) is 0 Å². The number of nitrogens with zero attached hydrogens (tertiary/aromatic N) is 3. The van der Waals surface area contributed by atoms with E-state index in [4.69, 9.17) is 4.74 Å². The Morgan fingerprint density at radius 2 is 1.74 bits per heavy atom. The lowest BCUT2D eigenvalue weighted by Crippen LogP contribution is -2.27. The molecule has 0 amide bonds. The first-order valence-corrected chi connectivity index (χ1v) is 11.9. The Morgan fingerprint density at radius 3 is 2.35 bits per heavy atom. The summed E-state index contributed by atoms with van der Waals surface area (Å²) in [6, 6.07) is 21.3. The molecule has 1 unspecified atom stereocenters. The number of hydrogen-bond acceptors (Lipinski definition) is 6. The molecule has 3 aromatic carbocycles. The number of aryl methyl sites for hydroxylation is 2. The van der Waals surface area contributed by atoms with Gasteiger partial charge in [0.25, 0.3) is 5.56 Å². The minimum atomic E-state index is -0.934. The molecule has 0 bridgehead atoms. The van der Waals surface area contributed by atoms with E-state index < -0.39 is 11.2 Å². The number of carboxylic acid groups (broad SMARTS) is 1. The molecule has 0 saturated heterocycles. The van der Waals surface area contributed by atoms with Crippen molar-refractivity contribution in [3.05, 3.63) is 82.6 Å². The fourth-order valence-electron chi connectivity index (χ4n) is 3.63. The summed E-state index contributed by atoms with van der Waals surface area (Å²) in [7, 11) is 1.54. The standard InChI is InChI=1S/C26H25N3O4S/c1-3-17-4-6-18(7-5-17)19-8-11-21(12-9-19)34-24(26(31)32)14-15-29-25(30)22-13-10-20(33-2)16-23(22)27-28-29/h4-13,16,24H,3,14-15H2,1-2H3,(H,31,32). The summed E-state index contributed by atoms with van der Waals surface area (Å²) >= 11 is 1.26. The van der Waals surface area contributed by atoms with Crippen LogP contribution in [0.1, 0.15) is 18.9 Å². The monoisotopic (exact) mass is 475 g/mol. The molecular formula is C26H25N3O4S. The van der Waals surface area contributed by atoms with E-state index in [1.807, 2.05) is 24.3 Å². The molecule has 0 spiro atoms. The van der Waals surface area contributed by atoms with Crippen molar-refractivity contribution in [2.24, 2.45) is 0 Å². The van der Waals surface area contributed by atoms with E-state index in [2.05, 4.69) is 41.5 Å². The quantitative estimate of drug-likeness (QED) is 0.352. The Bertz CT molecular complexity index is 1350. The topological polar surface area (TPSA) is 94.3 Å². The minimum absolute atomic E-state index is 0.152. The fraction of sp³-hybridized carbons (Fsp3) is 0.231. The molecule has 0 saturated carbocycles. The van der Waals surface area contributed by atoms with Crippen molar-refractivity contribution in [1.82, 2.24) is 15.0 Å². The van der Waals surface area contributed by atoms with Crippen molar-refractivity contribution in [1.29, 1.82) is 0 Å². The molecule has 0 aliphatic heterocycles. The maximum absolute atomic E-state index is 12.7. The number of carbonyl (C=O) groups is 1. The van der Waals surface area contributed by atoms with Crippen LogP contribution in [0.3, 0.4) is 0 Å². The Labute approximate surface area is 201 Å². The second kappa shape index (κ2) is 10.5. The van der Waals surface area contributed by atoms with Crippen LogP contribution in [0.5, 0.6) is 5.75 Å². The van der Waals surface area contributed by atoms with Crippen molar-refractivity contribution in [3.8, 4) is 16.9 Å². The average molecular weight is 476 g/mol. The highest BCUT2D eigenvalue weighted by Gasteiger charge is 2.20. The normalized spacial score (nSPS) is 11.9. The lowest BCUT2D eigenvalue weighted by Gasteiger charge is -2.13. The number of carboxylic acids is 1. The van der Waals surface area contributed by atoms with Crippen molar-refractivity contribution < 1.29 is 14.6 Å². The Morgan fingerprint density at radius 1 is 1.06 bits per heavy atom. The summed E-state index contributed by atoms with van der Waals surface area (Å²) in [4.78, 5) is 25.5. The Kier molecular flexibility index (Phi) is 7.27. The first-order chi connectivity index (χ1) is 16.5. The number of rotatable bonds is 9. The van der Waals surface area contributed by atoms with Gasteiger partial charge in [-0.2, -0.15) is 0 Å². The summed E-state index contributed by atoms with van der Waals surface area (Å²) in [6.07, 6.45) is 1.23. The van der Waals surface area contributed by atoms with E-state index in [1.54, 1.807) is 18.2 Å². The molecule has 4 aromatic rings. The van der Waals surface area contributed by atoms with Crippen molar-refractivity contribution in [3.63, 3.8) is 0 Å². The zero-order valence-electron chi connectivity index (χ0n) is 19.0. The second-order valence-electron chi connectivity index (χ2n) is 7.81. The lowest BCUT2D eigenvalue weighted by atomic mass is 10.0. The van der Waals surface area contributed by atoms with Crippen LogP contribution < -0.4 is 10.3 Å². The molecule has 1 heterocycles. The van der Waals surface area contributed by atoms with Gasteiger partial charge in [-0.05, 0) is 53.8 Å². The van der Waals surface area contributed by atoms with Gasteiger partial charge < -0.3 is 9.84 Å². The molecule has 8 heteroatoms. The third-order valence-electron chi connectivity index (χ3n) is 5.64. The molecular weight excluding hydrogens is 450 g/mol. The van der Waals surface area contributed by atoms with E-state index in [0.29, 0.717) is 16.7 Å². The molecule has 1 aromatic heterocycles. The van der Waals surface area contributed by atoms with Gasteiger partial charge in [-0.1, -0.05) is 48.5 Å². The first kappa shape index (κ1) is 23.5. The predicted octanol–water partition coefficient (Wildman–Crippen LogP) is 4.67. The maximum Gasteiger partial charge on any atom is 0.317 e. The zero-order chi connectivity index (χ0) is 24.1. The molecule has 0 fully saturated rings. The molecule has 7 nitrogen and oxygen atoms in total. The van der Waals surface area contributed by atoms with Crippen molar-refractivity contribution in [2.45, 2.75) is 36.5 Å². The van der Waals surface area contributed by atoms with Gasteiger partial charge in [0.2, 0.25) is 0 Å². The molecule has 4 rings (SSSR count). The van der Waals surface area contributed by atoms with Crippen LogP contribution in [0, 0.1) is 0 Å². The molecule has 0 radical (unpaired) electrons. The average Bonchev–Trinajstić information content (AvgIpc) is 2.87. The van der Waals surface area contributed by atoms with E-state index in [1.165, 1.54) is 29.1 Å². The molecule has 34 heavy (non-hydrogen) atoms. The summed E-state index contributed by atoms with van der Waals surface area (Å²) in [5.41, 5.74) is 3.62. The van der Waals surface area contributed by atoms with Crippen LogP contribution in [0.4, 0.5) is 0 Å². The maximum atomic E-state index is 12.7. The third-order valence-corrected chi connectivity index (χ3v) is 6.90. The Balaban J connectivity index is 1.45. The number of fused-ring (bicyclic) bond motifs is 1. The smallest absolute Gasteiger partial charge is 0.317 e. The second-order valence-corrected chi connectivity index (χ2v) is 9.09. The molecule has 0 aliphatic carbocycles. The van der Waals surface area contributed by atoms with Crippen molar-refractivity contribution >= 4 is 28.6 Å². The van der Waals surface area contributed by atoms with Gasteiger partial charge in [-0.15, -0.1) is 16.9 Å². The van der Waals surface area contributed by atoms with Gasteiger partial charge in [-0.3, -0.25) is 9.59 Å². The van der Waals surface area contributed by atoms with Crippen LogP contribution in [-0.4, -0.2) is 38.4 Å². The van der Waals surface area contributed by atoms with Gasteiger partial charge >= 0.3 is 5.97 Å². The lowest BCUT2D eigenvalue weighted by molar-refractivity contribution is -0.136. The number of thioether (sulfide) groups is 1.